The molecule has 82 valence electrons. The highest BCUT2D eigenvalue weighted by molar-refractivity contribution is 5.50. The minimum atomic E-state index is 0.0592. The lowest BCUT2D eigenvalue weighted by molar-refractivity contribution is 0.282. The summed E-state index contributed by atoms with van der Waals surface area (Å²) in [7, 11) is 2.01. The molecule has 3 nitrogen and oxygen atoms in total. The lowest BCUT2D eigenvalue weighted by Crippen LogP contribution is -2.20. The van der Waals surface area contributed by atoms with E-state index in [-0.39, 0.29) is 6.61 Å². The third-order valence-electron chi connectivity index (χ3n) is 2.37. The average molecular weight is 206 g/mol. The molecule has 0 saturated heterocycles. The third-order valence-corrected chi connectivity index (χ3v) is 2.37. The quantitative estimate of drug-likeness (QED) is 0.571. The SMILES string of the molecule is C=CCCCN(C)c1cnccc1CO. The Hall–Kier alpha value is -1.35. The van der Waals surface area contributed by atoms with Gasteiger partial charge in [0.2, 0.25) is 0 Å². The Bertz CT molecular complexity index is 312. The lowest BCUT2D eigenvalue weighted by atomic mass is 10.2. The Morgan fingerprint density at radius 3 is 3.07 bits per heavy atom. The molecular formula is C12H18N2O. The zero-order chi connectivity index (χ0) is 11.1. The van der Waals surface area contributed by atoms with E-state index in [1.165, 1.54) is 0 Å². The van der Waals surface area contributed by atoms with Crippen molar-refractivity contribution >= 4 is 5.69 Å². The molecule has 0 bridgehead atoms. The summed E-state index contributed by atoms with van der Waals surface area (Å²) in [5.74, 6) is 0. The van der Waals surface area contributed by atoms with Crippen LogP contribution >= 0.6 is 0 Å². The maximum absolute atomic E-state index is 9.17. The van der Waals surface area contributed by atoms with Crippen molar-refractivity contribution in [3.63, 3.8) is 0 Å². The minimum Gasteiger partial charge on any atom is -0.392 e. The van der Waals surface area contributed by atoms with Gasteiger partial charge in [-0.3, -0.25) is 4.98 Å². The van der Waals surface area contributed by atoms with Gasteiger partial charge in [0.15, 0.2) is 0 Å². The first-order chi connectivity index (χ1) is 7.29. The lowest BCUT2D eigenvalue weighted by Gasteiger charge is -2.20. The summed E-state index contributed by atoms with van der Waals surface area (Å²) in [6, 6.07) is 1.85. The largest absolute Gasteiger partial charge is 0.392 e. The summed E-state index contributed by atoms with van der Waals surface area (Å²) in [5.41, 5.74) is 1.93. The number of allylic oxidation sites excluding steroid dienone is 1. The molecule has 0 aliphatic carbocycles. The van der Waals surface area contributed by atoms with Crippen LogP contribution in [0.2, 0.25) is 0 Å². The summed E-state index contributed by atoms with van der Waals surface area (Å²) >= 11 is 0. The van der Waals surface area contributed by atoms with Gasteiger partial charge < -0.3 is 10.0 Å². The number of unbranched alkanes of at least 4 members (excludes halogenated alkanes) is 1. The number of anilines is 1. The molecule has 1 rings (SSSR count). The van der Waals surface area contributed by atoms with Crippen molar-refractivity contribution in [3.05, 3.63) is 36.7 Å². The van der Waals surface area contributed by atoms with Crippen molar-refractivity contribution in [2.75, 3.05) is 18.5 Å². The van der Waals surface area contributed by atoms with Crippen LogP contribution in [0.4, 0.5) is 5.69 Å². The van der Waals surface area contributed by atoms with Crippen LogP contribution in [0.25, 0.3) is 0 Å². The molecule has 1 heterocycles. The second kappa shape index (κ2) is 6.19. The van der Waals surface area contributed by atoms with Gasteiger partial charge in [0.25, 0.3) is 0 Å². The molecule has 0 aliphatic rings. The van der Waals surface area contributed by atoms with Gasteiger partial charge in [-0.05, 0) is 18.9 Å². The van der Waals surface area contributed by atoms with Crippen LogP contribution in [0.3, 0.4) is 0 Å². The van der Waals surface area contributed by atoms with E-state index in [0.717, 1.165) is 30.6 Å². The second-order valence-corrected chi connectivity index (χ2v) is 3.51. The number of hydrogen-bond donors (Lipinski definition) is 1. The fourth-order valence-electron chi connectivity index (χ4n) is 1.49. The van der Waals surface area contributed by atoms with Gasteiger partial charge in [-0.1, -0.05) is 6.08 Å². The first-order valence-electron chi connectivity index (χ1n) is 5.15. The van der Waals surface area contributed by atoms with E-state index in [4.69, 9.17) is 5.11 Å². The van der Waals surface area contributed by atoms with E-state index in [1.54, 1.807) is 12.4 Å². The summed E-state index contributed by atoms with van der Waals surface area (Å²) < 4.78 is 0. The normalized spacial score (nSPS) is 10.0. The van der Waals surface area contributed by atoms with Crippen molar-refractivity contribution in [2.24, 2.45) is 0 Å². The highest BCUT2D eigenvalue weighted by Crippen LogP contribution is 2.17. The van der Waals surface area contributed by atoms with Crippen molar-refractivity contribution in [2.45, 2.75) is 19.4 Å². The standard InChI is InChI=1S/C12H18N2O/c1-3-4-5-8-14(2)12-9-13-7-6-11(12)10-15/h3,6-7,9,15H,1,4-5,8,10H2,2H3. The van der Waals surface area contributed by atoms with E-state index >= 15 is 0 Å². The number of nitrogens with zero attached hydrogens (tertiary/aromatic N) is 2. The van der Waals surface area contributed by atoms with Crippen LogP contribution in [0.15, 0.2) is 31.1 Å². The number of hydrogen-bond acceptors (Lipinski definition) is 3. The fourth-order valence-corrected chi connectivity index (χ4v) is 1.49. The molecule has 0 unspecified atom stereocenters. The molecular weight excluding hydrogens is 188 g/mol. The summed E-state index contributed by atoms with van der Waals surface area (Å²) in [5, 5.41) is 9.17. The second-order valence-electron chi connectivity index (χ2n) is 3.51. The molecule has 3 heteroatoms. The predicted octanol–water partition coefficient (Wildman–Crippen LogP) is 1.98. The van der Waals surface area contributed by atoms with E-state index < -0.39 is 0 Å². The van der Waals surface area contributed by atoms with Gasteiger partial charge in [-0.15, -0.1) is 6.58 Å². The summed E-state index contributed by atoms with van der Waals surface area (Å²) in [4.78, 5) is 6.18. The molecule has 0 atom stereocenters. The van der Waals surface area contributed by atoms with E-state index in [2.05, 4.69) is 16.5 Å². The first kappa shape index (κ1) is 11.7. The molecule has 0 spiro atoms. The number of aliphatic hydroxyl groups excluding tert-OH is 1. The van der Waals surface area contributed by atoms with Crippen LogP contribution in [0.1, 0.15) is 18.4 Å². The van der Waals surface area contributed by atoms with Gasteiger partial charge in [0.05, 0.1) is 18.5 Å². The zero-order valence-corrected chi connectivity index (χ0v) is 9.19. The van der Waals surface area contributed by atoms with E-state index in [9.17, 15) is 0 Å². The van der Waals surface area contributed by atoms with Gasteiger partial charge in [0.1, 0.15) is 0 Å². The van der Waals surface area contributed by atoms with Gasteiger partial charge in [-0.2, -0.15) is 0 Å². The highest BCUT2D eigenvalue weighted by atomic mass is 16.3. The Balaban J connectivity index is 2.63. The van der Waals surface area contributed by atoms with Crippen LogP contribution < -0.4 is 4.90 Å². The maximum atomic E-state index is 9.17. The molecule has 15 heavy (non-hydrogen) atoms. The van der Waals surface area contributed by atoms with Crippen LogP contribution in [-0.2, 0) is 6.61 Å². The Morgan fingerprint density at radius 2 is 2.40 bits per heavy atom. The van der Waals surface area contributed by atoms with Crippen molar-refractivity contribution in [1.29, 1.82) is 0 Å². The maximum Gasteiger partial charge on any atom is 0.0703 e. The molecule has 0 fully saturated rings. The molecule has 0 aromatic carbocycles. The van der Waals surface area contributed by atoms with E-state index in [0.29, 0.717) is 0 Å². The van der Waals surface area contributed by atoms with Crippen LogP contribution in [0.5, 0.6) is 0 Å². The van der Waals surface area contributed by atoms with Crippen LogP contribution in [-0.4, -0.2) is 23.7 Å². The highest BCUT2D eigenvalue weighted by Gasteiger charge is 2.05. The third kappa shape index (κ3) is 3.36. The number of aromatic nitrogens is 1. The van der Waals surface area contributed by atoms with Crippen molar-refractivity contribution in [1.82, 2.24) is 4.98 Å². The molecule has 0 saturated carbocycles. The van der Waals surface area contributed by atoms with Gasteiger partial charge >= 0.3 is 0 Å². The number of rotatable bonds is 6. The molecule has 0 radical (unpaired) electrons. The van der Waals surface area contributed by atoms with E-state index in [1.807, 2.05) is 19.2 Å². The van der Waals surface area contributed by atoms with Crippen molar-refractivity contribution < 1.29 is 5.11 Å². The topological polar surface area (TPSA) is 36.4 Å². The van der Waals surface area contributed by atoms with Crippen molar-refractivity contribution in [3.8, 4) is 0 Å². The van der Waals surface area contributed by atoms with Gasteiger partial charge in [0, 0.05) is 25.4 Å². The summed E-state index contributed by atoms with van der Waals surface area (Å²) in [6.07, 6.45) is 7.49. The minimum absolute atomic E-state index is 0.0592. The molecule has 1 N–H and O–H groups in total. The number of pyridine rings is 1. The summed E-state index contributed by atoms with van der Waals surface area (Å²) in [6.45, 7) is 4.70. The predicted molar refractivity (Wildman–Crippen MR) is 62.9 cm³/mol. The van der Waals surface area contributed by atoms with Gasteiger partial charge in [-0.25, -0.2) is 0 Å². The first-order valence-corrected chi connectivity index (χ1v) is 5.15. The molecule has 1 aromatic rings. The molecule has 0 amide bonds. The van der Waals surface area contributed by atoms with Crippen LogP contribution in [0, 0.1) is 0 Å². The average Bonchev–Trinajstić information content (AvgIpc) is 2.29. The fraction of sp³-hybridized carbons (Fsp3) is 0.417. The zero-order valence-electron chi connectivity index (χ0n) is 9.19. The Morgan fingerprint density at radius 1 is 1.60 bits per heavy atom. The molecule has 1 aromatic heterocycles. The number of aliphatic hydroxyl groups is 1. The smallest absolute Gasteiger partial charge is 0.0703 e. The Labute approximate surface area is 91.1 Å². The Kier molecular flexibility index (Phi) is 4.84. The molecule has 0 aliphatic heterocycles. The monoisotopic (exact) mass is 206 g/mol.